The van der Waals surface area contributed by atoms with Gasteiger partial charge in [-0.05, 0) is 0 Å². The standard InChI is InChI=1S/C10H17NO8/c12-2-5(15)8(16)9-7(11-3-13)4(14)1-6(19-9)10(17)18/h3-9,12,14-16H,1-2H2,(H,11,13)(H,17,18)/t4-,5+,6-,7-,8+,9?/m0/s1. The minimum absolute atomic E-state index is 0.265. The van der Waals surface area contributed by atoms with Crippen molar-refractivity contribution >= 4 is 12.4 Å². The zero-order chi connectivity index (χ0) is 14.6. The summed E-state index contributed by atoms with van der Waals surface area (Å²) < 4.78 is 5.07. The minimum atomic E-state index is -1.65. The van der Waals surface area contributed by atoms with E-state index in [0.717, 1.165) is 0 Å². The summed E-state index contributed by atoms with van der Waals surface area (Å²) in [5.74, 6) is -1.33. The topological polar surface area (TPSA) is 157 Å². The molecule has 0 saturated carbocycles. The van der Waals surface area contributed by atoms with E-state index in [9.17, 15) is 24.9 Å². The number of aliphatic hydroxyl groups is 4. The number of hydrogen-bond acceptors (Lipinski definition) is 7. The first kappa shape index (κ1) is 15.8. The number of hydrogen-bond donors (Lipinski definition) is 6. The molecule has 1 aliphatic rings. The summed E-state index contributed by atoms with van der Waals surface area (Å²) in [6.45, 7) is -0.775. The minimum Gasteiger partial charge on any atom is -0.479 e. The fraction of sp³-hybridized carbons (Fsp3) is 0.800. The predicted octanol–water partition coefficient (Wildman–Crippen LogP) is -3.58. The summed E-state index contributed by atoms with van der Waals surface area (Å²) in [4.78, 5) is 21.3. The number of carboxylic acid groups (broad SMARTS) is 1. The summed E-state index contributed by atoms with van der Waals surface area (Å²) in [6, 6.07) is -1.08. The summed E-state index contributed by atoms with van der Waals surface area (Å²) in [5, 5.41) is 48.7. The highest BCUT2D eigenvalue weighted by atomic mass is 16.5. The number of rotatable bonds is 6. The van der Waals surface area contributed by atoms with E-state index in [1.807, 2.05) is 0 Å². The largest absolute Gasteiger partial charge is 0.479 e. The Morgan fingerprint density at radius 2 is 2.11 bits per heavy atom. The number of ether oxygens (including phenoxy) is 1. The Labute approximate surface area is 108 Å². The lowest BCUT2D eigenvalue weighted by Crippen LogP contribution is -2.62. The lowest BCUT2D eigenvalue weighted by molar-refractivity contribution is -0.195. The van der Waals surface area contributed by atoms with Crippen LogP contribution in [-0.4, -0.2) is 81.1 Å². The molecule has 0 spiro atoms. The smallest absolute Gasteiger partial charge is 0.332 e. The van der Waals surface area contributed by atoms with Gasteiger partial charge in [0, 0.05) is 6.42 Å². The number of carbonyl (C=O) groups excluding carboxylic acids is 1. The highest BCUT2D eigenvalue weighted by Gasteiger charge is 2.45. The summed E-state index contributed by atoms with van der Waals surface area (Å²) in [5.41, 5.74) is 0. The molecule has 9 nitrogen and oxygen atoms in total. The van der Waals surface area contributed by atoms with E-state index in [1.165, 1.54) is 0 Å². The molecular formula is C10H17NO8. The fourth-order valence-electron chi connectivity index (χ4n) is 1.98. The van der Waals surface area contributed by atoms with Crippen molar-refractivity contribution in [1.82, 2.24) is 5.32 Å². The molecule has 0 aromatic heterocycles. The van der Waals surface area contributed by atoms with Gasteiger partial charge in [-0.15, -0.1) is 0 Å². The van der Waals surface area contributed by atoms with Crippen LogP contribution in [0.2, 0.25) is 0 Å². The summed E-state index contributed by atoms with van der Waals surface area (Å²) >= 11 is 0. The van der Waals surface area contributed by atoms with Gasteiger partial charge in [0.25, 0.3) is 0 Å². The van der Waals surface area contributed by atoms with Crippen LogP contribution in [0.5, 0.6) is 0 Å². The van der Waals surface area contributed by atoms with E-state index >= 15 is 0 Å². The van der Waals surface area contributed by atoms with Crippen LogP contribution in [0, 0.1) is 0 Å². The molecule has 1 unspecified atom stereocenters. The second kappa shape index (κ2) is 6.78. The Kier molecular flexibility index (Phi) is 5.63. The van der Waals surface area contributed by atoms with Crippen molar-refractivity contribution in [3.63, 3.8) is 0 Å². The SMILES string of the molecule is O=CN[C@@H]1C([C@H](O)[C@H](O)CO)O[C@H](C(=O)O)C[C@@H]1O. The third-order valence-electron chi connectivity index (χ3n) is 3.00. The number of aliphatic carboxylic acids is 1. The molecule has 0 aliphatic carbocycles. The third-order valence-corrected chi connectivity index (χ3v) is 3.00. The molecule has 19 heavy (non-hydrogen) atoms. The van der Waals surface area contributed by atoms with Crippen molar-refractivity contribution in [1.29, 1.82) is 0 Å². The van der Waals surface area contributed by atoms with E-state index in [0.29, 0.717) is 0 Å². The van der Waals surface area contributed by atoms with Crippen molar-refractivity contribution < 1.29 is 39.9 Å². The fourth-order valence-corrected chi connectivity index (χ4v) is 1.98. The van der Waals surface area contributed by atoms with Crippen molar-refractivity contribution in [2.45, 2.75) is 43.0 Å². The Morgan fingerprint density at radius 3 is 2.58 bits per heavy atom. The molecule has 1 rings (SSSR count). The molecule has 110 valence electrons. The second-order valence-electron chi connectivity index (χ2n) is 4.28. The van der Waals surface area contributed by atoms with Crippen molar-refractivity contribution in [3.05, 3.63) is 0 Å². The number of amides is 1. The Morgan fingerprint density at radius 1 is 1.47 bits per heavy atom. The van der Waals surface area contributed by atoms with Gasteiger partial charge in [0.15, 0.2) is 6.10 Å². The van der Waals surface area contributed by atoms with Gasteiger partial charge in [-0.25, -0.2) is 4.79 Å². The highest BCUT2D eigenvalue weighted by Crippen LogP contribution is 2.24. The molecule has 0 aromatic carbocycles. The molecule has 1 aliphatic heterocycles. The molecule has 6 atom stereocenters. The van der Waals surface area contributed by atoms with Crippen LogP contribution < -0.4 is 5.32 Å². The number of nitrogens with one attached hydrogen (secondary N) is 1. The molecule has 0 aromatic rings. The zero-order valence-corrected chi connectivity index (χ0v) is 9.92. The van der Waals surface area contributed by atoms with E-state index in [1.54, 1.807) is 0 Å². The first-order valence-corrected chi connectivity index (χ1v) is 5.65. The molecule has 0 bridgehead atoms. The van der Waals surface area contributed by atoms with E-state index in [-0.39, 0.29) is 12.8 Å². The Hall–Kier alpha value is -1.26. The van der Waals surface area contributed by atoms with Gasteiger partial charge < -0.3 is 35.6 Å². The Balaban J connectivity index is 2.90. The number of aliphatic hydroxyl groups excluding tert-OH is 4. The lowest BCUT2D eigenvalue weighted by atomic mass is 9.90. The van der Waals surface area contributed by atoms with Gasteiger partial charge in [0.1, 0.15) is 18.3 Å². The summed E-state index contributed by atoms with van der Waals surface area (Å²) in [7, 11) is 0. The van der Waals surface area contributed by atoms with Gasteiger partial charge in [-0.2, -0.15) is 0 Å². The van der Waals surface area contributed by atoms with Crippen LogP contribution in [0.1, 0.15) is 6.42 Å². The number of carboxylic acids is 1. The van der Waals surface area contributed by atoms with Crippen LogP contribution in [0.25, 0.3) is 0 Å². The van der Waals surface area contributed by atoms with Crippen LogP contribution in [0.4, 0.5) is 0 Å². The molecule has 6 N–H and O–H groups in total. The first-order valence-electron chi connectivity index (χ1n) is 5.65. The molecule has 1 fully saturated rings. The highest BCUT2D eigenvalue weighted by molar-refractivity contribution is 5.72. The van der Waals surface area contributed by atoms with Crippen LogP contribution >= 0.6 is 0 Å². The van der Waals surface area contributed by atoms with Crippen LogP contribution in [0.15, 0.2) is 0 Å². The second-order valence-corrected chi connectivity index (χ2v) is 4.28. The normalized spacial score (nSPS) is 34.3. The van der Waals surface area contributed by atoms with Gasteiger partial charge in [-0.1, -0.05) is 0 Å². The summed E-state index contributed by atoms with van der Waals surface area (Å²) in [6.07, 6.45) is -7.21. The van der Waals surface area contributed by atoms with Gasteiger partial charge in [-0.3, -0.25) is 4.79 Å². The van der Waals surface area contributed by atoms with E-state index in [4.69, 9.17) is 14.9 Å². The maximum absolute atomic E-state index is 10.9. The third kappa shape index (κ3) is 3.61. The van der Waals surface area contributed by atoms with Crippen LogP contribution in [0.3, 0.4) is 0 Å². The maximum atomic E-state index is 10.9. The van der Waals surface area contributed by atoms with Gasteiger partial charge in [0.05, 0.1) is 18.8 Å². The van der Waals surface area contributed by atoms with E-state index in [2.05, 4.69) is 5.32 Å². The predicted molar refractivity (Wildman–Crippen MR) is 59.0 cm³/mol. The van der Waals surface area contributed by atoms with E-state index < -0.39 is 49.1 Å². The number of carbonyl (C=O) groups is 2. The molecule has 1 amide bonds. The van der Waals surface area contributed by atoms with Gasteiger partial charge in [0.2, 0.25) is 6.41 Å². The van der Waals surface area contributed by atoms with Crippen molar-refractivity contribution in [2.75, 3.05) is 6.61 Å². The Bertz CT molecular complexity index is 325. The van der Waals surface area contributed by atoms with Crippen molar-refractivity contribution in [3.8, 4) is 0 Å². The molecule has 1 heterocycles. The molecule has 9 heteroatoms. The quantitative estimate of drug-likeness (QED) is 0.272. The lowest BCUT2D eigenvalue weighted by Gasteiger charge is -2.41. The monoisotopic (exact) mass is 279 g/mol. The van der Waals surface area contributed by atoms with Crippen molar-refractivity contribution in [2.24, 2.45) is 0 Å². The molecule has 0 radical (unpaired) electrons. The maximum Gasteiger partial charge on any atom is 0.332 e. The average molecular weight is 279 g/mol. The average Bonchev–Trinajstić information content (AvgIpc) is 2.38. The van der Waals surface area contributed by atoms with Gasteiger partial charge >= 0.3 is 5.97 Å². The first-order chi connectivity index (χ1) is 8.92. The molecular weight excluding hydrogens is 262 g/mol. The molecule has 1 saturated heterocycles. The van der Waals surface area contributed by atoms with Crippen LogP contribution in [-0.2, 0) is 14.3 Å². The zero-order valence-electron chi connectivity index (χ0n) is 9.92.